The molecule has 0 aliphatic carbocycles. The number of carbonyl (C=O) groups is 1. The number of esters is 1. The molecule has 1 aliphatic heterocycles. The fourth-order valence-electron chi connectivity index (χ4n) is 2.91. The molecule has 6 heteroatoms. The Balaban J connectivity index is 2.28. The van der Waals surface area contributed by atoms with Crippen LogP contribution in [0.25, 0.3) is 0 Å². The SMILES string of the molecule is CCOC(=O)/C(=N\Nc1ccccc1Cl)N1C(C)CCCC1C. The number of amidine groups is 1. The van der Waals surface area contributed by atoms with E-state index in [1.54, 1.807) is 13.0 Å². The van der Waals surface area contributed by atoms with Gasteiger partial charge in [0.15, 0.2) is 0 Å². The van der Waals surface area contributed by atoms with Gasteiger partial charge in [-0.25, -0.2) is 4.79 Å². The molecule has 0 spiro atoms. The first-order valence-corrected chi connectivity index (χ1v) is 8.46. The molecular weight excluding hydrogens is 314 g/mol. The number of hydrazone groups is 1. The number of ether oxygens (including phenoxy) is 1. The first kappa shape index (κ1) is 17.6. The van der Waals surface area contributed by atoms with Crippen LogP contribution in [0.5, 0.6) is 0 Å². The number of hydrogen-bond acceptors (Lipinski definition) is 4. The predicted molar refractivity (Wildman–Crippen MR) is 93.8 cm³/mol. The summed E-state index contributed by atoms with van der Waals surface area (Å²) in [4.78, 5) is 14.4. The second kappa shape index (κ2) is 8.20. The average Bonchev–Trinajstić information content (AvgIpc) is 2.51. The molecule has 1 aromatic carbocycles. The summed E-state index contributed by atoms with van der Waals surface area (Å²) < 4.78 is 5.19. The van der Waals surface area contributed by atoms with E-state index in [0.29, 0.717) is 23.2 Å². The van der Waals surface area contributed by atoms with E-state index in [9.17, 15) is 4.79 Å². The van der Waals surface area contributed by atoms with Gasteiger partial charge in [-0.2, -0.15) is 0 Å². The van der Waals surface area contributed by atoms with Gasteiger partial charge in [-0.15, -0.1) is 5.10 Å². The lowest BCUT2D eigenvalue weighted by molar-refractivity contribution is -0.136. The van der Waals surface area contributed by atoms with Gasteiger partial charge in [0.05, 0.1) is 17.3 Å². The molecule has 2 atom stereocenters. The second-order valence-electron chi connectivity index (χ2n) is 5.78. The Morgan fingerprint density at radius 1 is 1.35 bits per heavy atom. The van der Waals surface area contributed by atoms with Crippen LogP contribution in [0.2, 0.25) is 5.02 Å². The number of nitrogens with zero attached hydrogens (tertiary/aromatic N) is 2. The van der Waals surface area contributed by atoms with Gasteiger partial charge in [-0.05, 0) is 52.2 Å². The maximum Gasteiger partial charge on any atom is 0.376 e. The molecule has 1 heterocycles. The van der Waals surface area contributed by atoms with Gasteiger partial charge in [0.1, 0.15) is 0 Å². The van der Waals surface area contributed by atoms with Crippen LogP contribution in [0.1, 0.15) is 40.0 Å². The summed E-state index contributed by atoms with van der Waals surface area (Å²) in [6, 6.07) is 7.79. The largest absolute Gasteiger partial charge is 0.460 e. The van der Waals surface area contributed by atoms with Crippen molar-refractivity contribution in [2.24, 2.45) is 5.10 Å². The minimum Gasteiger partial charge on any atom is -0.460 e. The van der Waals surface area contributed by atoms with Crippen molar-refractivity contribution in [1.82, 2.24) is 4.90 Å². The summed E-state index contributed by atoms with van der Waals surface area (Å²) in [7, 11) is 0. The molecule has 5 nitrogen and oxygen atoms in total. The van der Waals surface area contributed by atoms with Gasteiger partial charge in [0.25, 0.3) is 0 Å². The van der Waals surface area contributed by atoms with Crippen molar-refractivity contribution in [3.8, 4) is 0 Å². The lowest BCUT2D eigenvalue weighted by atomic mass is 9.97. The number of halogens is 1. The number of hydrogen-bond donors (Lipinski definition) is 1. The lowest BCUT2D eigenvalue weighted by Crippen LogP contribution is -2.51. The Labute approximate surface area is 142 Å². The number of piperidine rings is 1. The highest BCUT2D eigenvalue weighted by Gasteiger charge is 2.32. The summed E-state index contributed by atoms with van der Waals surface area (Å²) in [5, 5.41) is 4.89. The highest BCUT2D eigenvalue weighted by atomic mass is 35.5. The molecule has 126 valence electrons. The van der Waals surface area contributed by atoms with E-state index in [2.05, 4.69) is 24.4 Å². The Kier molecular flexibility index (Phi) is 6.28. The molecule has 0 radical (unpaired) electrons. The Morgan fingerprint density at radius 2 is 2.00 bits per heavy atom. The molecule has 1 aliphatic rings. The fraction of sp³-hybridized carbons (Fsp3) is 0.529. The monoisotopic (exact) mass is 337 g/mol. The molecule has 2 rings (SSSR count). The number of benzene rings is 1. The third-order valence-electron chi connectivity index (χ3n) is 4.05. The van der Waals surface area contributed by atoms with E-state index in [4.69, 9.17) is 16.3 Å². The van der Waals surface area contributed by atoms with Gasteiger partial charge in [-0.3, -0.25) is 5.43 Å². The van der Waals surface area contributed by atoms with Crippen LogP contribution in [0.4, 0.5) is 5.69 Å². The van der Waals surface area contributed by atoms with E-state index < -0.39 is 5.97 Å². The molecule has 1 aromatic rings. The van der Waals surface area contributed by atoms with Crippen molar-refractivity contribution in [1.29, 1.82) is 0 Å². The number of para-hydroxylation sites is 1. The van der Waals surface area contributed by atoms with Gasteiger partial charge in [0.2, 0.25) is 5.84 Å². The quantitative estimate of drug-likeness (QED) is 0.393. The minimum atomic E-state index is -0.410. The Hall–Kier alpha value is -1.75. The molecule has 2 unspecified atom stereocenters. The van der Waals surface area contributed by atoms with E-state index in [0.717, 1.165) is 19.3 Å². The summed E-state index contributed by atoms with van der Waals surface area (Å²) in [6.07, 6.45) is 3.23. The molecule has 0 saturated carbocycles. The van der Waals surface area contributed by atoms with Gasteiger partial charge in [-0.1, -0.05) is 23.7 Å². The van der Waals surface area contributed by atoms with E-state index >= 15 is 0 Å². The molecule has 23 heavy (non-hydrogen) atoms. The topological polar surface area (TPSA) is 53.9 Å². The summed E-state index contributed by atoms with van der Waals surface area (Å²) >= 11 is 6.13. The summed E-state index contributed by atoms with van der Waals surface area (Å²) in [6.45, 7) is 6.33. The average molecular weight is 338 g/mol. The number of carbonyl (C=O) groups excluding carboxylic acids is 1. The number of nitrogens with one attached hydrogen (secondary N) is 1. The van der Waals surface area contributed by atoms with Crippen LogP contribution in [-0.2, 0) is 9.53 Å². The van der Waals surface area contributed by atoms with Crippen LogP contribution < -0.4 is 5.43 Å². The van der Waals surface area contributed by atoms with Crippen molar-refractivity contribution in [3.05, 3.63) is 29.3 Å². The Bertz CT molecular complexity index is 567. The number of anilines is 1. The van der Waals surface area contributed by atoms with Crippen LogP contribution in [-0.4, -0.2) is 35.4 Å². The maximum absolute atomic E-state index is 12.4. The minimum absolute atomic E-state index is 0.245. The zero-order chi connectivity index (χ0) is 16.8. The van der Waals surface area contributed by atoms with Crippen molar-refractivity contribution >= 4 is 29.1 Å². The van der Waals surface area contributed by atoms with Crippen LogP contribution in [0.15, 0.2) is 29.4 Å². The molecule has 0 amide bonds. The predicted octanol–water partition coefficient (Wildman–Crippen LogP) is 3.89. The fourth-order valence-corrected chi connectivity index (χ4v) is 3.09. The first-order valence-electron chi connectivity index (χ1n) is 8.08. The first-order chi connectivity index (χ1) is 11.0. The second-order valence-corrected chi connectivity index (χ2v) is 6.19. The molecule has 1 saturated heterocycles. The Morgan fingerprint density at radius 3 is 2.61 bits per heavy atom. The zero-order valence-corrected chi connectivity index (χ0v) is 14.6. The van der Waals surface area contributed by atoms with Gasteiger partial charge in [0, 0.05) is 12.1 Å². The maximum atomic E-state index is 12.4. The van der Waals surface area contributed by atoms with Crippen molar-refractivity contribution in [3.63, 3.8) is 0 Å². The highest BCUT2D eigenvalue weighted by Crippen LogP contribution is 2.24. The lowest BCUT2D eigenvalue weighted by Gasteiger charge is -2.40. The molecule has 0 aromatic heterocycles. The van der Waals surface area contributed by atoms with E-state index in [1.807, 2.05) is 23.1 Å². The number of likely N-dealkylation sites (tertiary alicyclic amines) is 1. The normalized spacial score (nSPS) is 21.9. The summed E-state index contributed by atoms with van der Waals surface area (Å²) in [5.74, 6) is -0.0980. The van der Waals surface area contributed by atoms with Crippen molar-refractivity contribution < 1.29 is 9.53 Å². The van der Waals surface area contributed by atoms with Crippen LogP contribution >= 0.6 is 11.6 Å². The molecule has 0 bridgehead atoms. The number of rotatable bonds is 3. The van der Waals surface area contributed by atoms with Gasteiger partial charge < -0.3 is 9.64 Å². The van der Waals surface area contributed by atoms with E-state index in [-0.39, 0.29) is 12.1 Å². The van der Waals surface area contributed by atoms with Crippen molar-refractivity contribution in [2.45, 2.75) is 52.1 Å². The van der Waals surface area contributed by atoms with Crippen molar-refractivity contribution in [2.75, 3.05) is 12.0 Å². The third-order valence-corrected chi connectivity index (χ3v) is 4.38. The smallest absolute Gasteiger partial charge is 0.376 e. The van der Waals surface area contributed by atoms with Gasteiger partial charge >= 0.3 is 5.97 Å². The molecule has 1 fully saturated rings. The highest BCUT2D eigenvalue weighted by molar-refractivity contribution is 6.36. The zero-order valence-electron chi connectivity index (χ0n) is 13.9. The molecule has 1 N–H and O–H groups in total. The van der Waals surface area contributed by atoms with Crippen LogP contribution in [0.3, 0.4) is 0 Å². The van der Waals surface area contributed by atoms with Crippen LogP contribution in [0, 0.1) is 0 Å². The summed E-state index contributed by atoms with van der Waals surface area (Å²) in [5.41, 5.74) is 3.56. The van der Waals surface area contributed by atoms with E-state index in [1.165, 1.54) is 0 Å². The molecular formula is C17H24ClN3O2. The standard InChI is InChI=1S/C17H24ClN3O2/c1-4-23-17(22)16(21-12(2)8-7-9-13(21)3)20-19-15-11-6-5-10-14(15)18/h5-6,10-13,19H,4,7-9H2,1-3H3/b20-16+. The third kappa shape index (κ3) is 4.38.